The highest BCUT2D eigenvalue weighted by molar-refractivity contribution is 5.77. The van der Waals surface area contributed by atoms with Gasteiger partial charge in [-0.05, 0) is 49.3 Å². The van der Waals surface area contributed by atoms with Gasteiger partial charge >= 0.3 is 0 Å². The first-order valence-electron chi connectivity index (χ1n) is 9.88. The average molecular weight is 350 g/mol. The molecule has 0 radical (unpaired) electrons. The van der Waals surface area contributed by atoms with Crippen molar-refractivity contribution in [3.05, 3.63) is 48.3 Å². The van der Waals surface area contributed by atoms with E-state index in [0.29, 0.717) is 23.8 Å². The third-order valence-electron chi connectivity index (χ3n) is 6.36. The number of likely N-dealkylation sites (tertiary alicyclic amines) is 1. The van der Waals surface area contributed by atoms with Crippen LogP contribution in [0.15, 0.2) is 42.6 Å². The largest absolute Gasteiger partial charge is 0.339 e. The first kappa shape index (κ1) is 16.1. The van der Waals surface area contributed by atoms with E-state index in [1.807, 2.05) is 12.3 Å². The predicted molar refractivity (Wildman–Crippen MR) is 99.8 cm³/mol. The van der Waals surface area contributed by atoms with E-state index in [2.05, 4.69) is 49.9 Å². The Kier molecular flexibility index (Phi) is 4.04. The highest BCUT2D eigenvalue weighted by Gasteiger charge is 2.43. The van der Waals surface area contributed by atoms with Gasteiger partial charge in [0.1, 0.15) is 0 Å². The molecule has 3 aliphatic heterocycles. The number of piperidine rings is 3. The summed E-state index contributed by atoms with van der Waals surface area (Å²) < 4.78 is 2.06. The first-order valence-corrected chi connectivity index (χ1v) is 9.88. The maximum absolute atomic E-state index is 12.3. The smallest absolute Gasteiger partial charge is 0.222 e. The zero-order chi connectivity index (χ0) is 17.5. The summed E-state index contributed by atoms with van der Waals surface area (Å²) in [6.07, 6.45) is 6.22. The van der Waals surface area contributed by atoms with Crippen LogP contribution < -0.4 is 0 Å². The van der Waals surface area contributed by atoms with Crippen LogP contribution in [0.4, 0.5) is 0 Å². The molecule has 0 N–H and O–H groups in total. The van der Waals surface area contributed by atoms with Crippen molar-refractivity contribution >= 4 is 5.91 Å². The summed E-state index contributed by atoms with van der Waals surface area (Å²) in [5.41, 5.74) is 2.36. The molecule has 1 aromatic heterocycles. The highest BCUT2D eigenvalue weighted by Crippen LogP contribution is 2.38. The molecule has 0 unspecified atom stereocenters. The summed E-state index contributed by atoms with van der Waals surface area (Å²) in [7, 11) is 0. The van der Waals surface area contributed by atoms with E-state index in [-0.39, 0.29) is 0 Å². The minimum atomic E-state index is 0.395. The van der Waals surface area contributed by atoms with Gasteiger partial charge in [-0.1, -0.05) is 18.2 Å². The van der Waals surface area contributed by atoms with E-state index in [4.69, 9.17) is 0 Å². The van der Waals surface area contributed by atoms with E-state index in [1.54, 1.807) is 0 Å². The van der Waals surface area contributed by atoms with E-state index in [9.17, 15) is 4.79 Å². The second kappa shape index (κ2) is 6.54. The van der Waals surface area contributed by atoms with Gasteiger partial charge in [-0.3, -0.25) is 9.69 Å². The number of para-hydroxylation sites is 1. The zero-order valence-electron chi connectivity index (χ0n) is 15.1. The maximum Gasteiger partial charge on any atom is 0.222 e. The molecule has 136 valence electrons. The molecule has 5 heteroatoms. The number of fused-ring (bicyclic) bond motifs is 4. The summed E-state index contributed by atoms with van der Waals surface area (Å²) in [5.74, 6) is 1.66. The summed E-state index contributed by atoms with van der Waals surface area (Å²) >= 11 is 0. The Morgan fingerprint density at radius 3 is 2.85 bits per heavy atom. The number of hydrogen-bond acceptors (Lipinski definition) is 3. The molecule has 3 aliphatic rings. The van der Waals surface area contributed by atoms with Gasteiger partial charge in [0, 0.05) is 44.8 Å². The van der Waals surface area contributed by atoms with E-state index >= 15 is 0 Å². The van der Waals surface area contributed by atoms with E-state index < -0.39 is 0 Å². The quantitative estimate of drug-likeness (QED) is 0.855. The number of aromatic nitrogens is 2. The number of nitrogens with zero attached hydrogens (tertiary/aromatic N) is 4. The second-order valence-corrected chi connectivity index (χ2v) is 8.13. The Balaban J connectivity index is 1.33. The average Bonchev–Trinajstić information content (AvgIpc) is 3.11. The Morgan fingerprint density at radius 1 is 1.08 bits per heavy atom. The molecule has 5 rings (SSSR count). The molecule has 4 heterocycles. The fourth-order valence-electron chi connectivity index (χ4n) is 5.32. The standard InChI is InChI=1S/C21H26N4O/c26-21-8-4-7-20-17-11-16(13-24(20)21)12-23(14-17)15-19-9-10-22-25(19)18-5-2-1-3-6-18/h1-3,5-6,9-10,16-17,20H,4,7-8,11-15H2/t16-,17-,20+/m1/s1. The zero-order valence-corrected chi connectivity index (χ0v) is 15.1. The molecule has 1 amide bonds. The van der Waals surface area contributed by atoms with Crippen LogP contribution in [-0.4, -0.2) is 51.2 Å². The van der Waals surface area contributed by atoms with Crippen LogP contribution in [0.5, 0.6) is 0 Å². The lowest BCUT2D eigenvalue weighted by Gasteiger charge is -2.52. The third-order valence-corrected chi connectivity index (χ3v) is 6.36. The number of rotatable bonds is 3. The Labute approximate surface area is 154 Å². The van der Waals surface area contributed by atoms with Crippen LogP contribution in [0.2, 0.25) is 0 Å². The minimum absolute atomic E-state index is 0.395. The first-order chi connectivity index (χ1) is 12.8. The normalized spacial score (nSPS) is 28.8. The van der Waals surface area contributed by atoms with Crippen molar-refractivity contribution in [3.8, 4) is 5.69 Å². The fourth-order valence-corrected chi connectivity index (χ4v) is 5.32. The van der Waals surface area contributed by atoms with Crippen LogP contribution in [0, 0.1) is 11.8 Å². The van der Waals surface area contributed by atoms with Crippen molar-refractivity contribution in [1.82, 2.24) is 19.6 Å². The van der Waals surface area contributed by atoms with Crippen LogP contribution in [-0.2, 0) is 11.3 Å². The van der Waals surface area contributed by atoms with Gasteiger partial charge < -0.3 is 4.90 Å². The van der Waals surface area contributed by atoms with E-state index in [0.717, 1.165) is 44.7 Å². The van der Waals surface area contributed by atoms with Crippen LogP contribution >= 0.6 is 0 Å². The molecular weight excluding hydrogens is 324 g/mol. The van der Waals surface area contributed by atoms with Crippen molar-refractivity contribution in [2.75, 3.05) is 19.6 Å². The molecule has 5 nitrogen and oxygen atoms in total. The molecule has 0 spiro atoms. The monoisotopic (exact) mass is 350 g/mol. The van der Waals surface area contributed by atoms with E-state index in [1.165, 1.54) is 18.5 Å². The molecule has 0 aliphatic carbocycles. The lowest BCUT2D eigenvalue weighted by Crippen LogP contribution is -2.60. The minimum Gasteiger partial charge on any atom is -0.339 e. The molecule has 0 saturated carbocycles. The van der Waals surface area contributed by atoms with Gasteiger partial charge in [0.05, 0.1) is 11.4 Å². The number of carbonyl (C=O) groups is 1. The molecule has 1 aromatic carbocycles. The topological polar surface area (TPSA) is 41.4 Å². The van der Waals surface area contributed by atoms with Gasteiger partial charge in [-0.2, -0.15) is 5.10 Å². The van der Waals surface area contributed by atoms with Crippen molar-refractivity contribution in [1.29, 1.82) is 0 Å². The van der Waals surface area contributed by atoms with Gasteiger partial charge in [0.2, 0.25) is 5.91 Å². The molecular formula is C21H26N4O. The Morgan fingerprint density at radius 2 is 1.96 bits per heavy atom. The van der Waals surface area contributed by atoms with Gasteiger partial charge in [-0.25, -0.2) is 4.68 Å². The maximum atomic E-state index is 12.3. The van der Waals surface area contributed by atoms with Crippen molar-refractivity contribution in [3.63, 3.8) is 0 Å². The van der Waals surface area contributed by atoms with Crippen molar-refractivity contribution in [2.24, 2.45) is 11.8 Å². The van der Waals surface area contributed by atoms with Crippen LogP contribution in [0.25, 0.3) is 5.69 Å². The van der Waals surface area contributed by atoms with Crippen molar-refractivity contribution < 1.29 is 4.79 Å². The summed E-state index contributed by atoms with van der Waals surface area (Å²) in [6.45, 7) is 4.09. The number of benzene rings is 1. The predicted octanol–water partition coefficient (Wildman–Crippen LogP) is 2.71. The van der Waals surface area contributed by atoms with Gasteiger partial charge in [-0.15, -0.1) is 0 Å². The summed E-state index contributed by atoms with van der Waals surface area (Å²) in [5, 5.41) is 4.54. The fraction of sp³-hybridized carbons (Fsp3) is 0.524. The lowest BCUT2D eigenvalue weighted by atomic mass is 9.76. The SMILES string of the molecule is O=C1CCC[C@H]2[C@@H]3C[C@H](CN(Cc4ccnn4-c4ccccc4)C3)CN12. The number of hydrogen-bond donors (Lipinski definition) is 0. The molecule has 3 saturated heterocycles. The lowest BCUT2D eigenvalue weighted by molar-refractivity contribution is -0.145. The van der Waals surface area contributed by atoms with Crippen molar-refractivity contribution in [2.45, 2.75) is 38.3 Å². The molecule has 2 aromatic rings. The van der Waals surface area contributed by atoms with Crippen LogP contribution in [0.1, 0.15) is 31.4 Å². The highest BCUT2D eigenvalue weighted by atomic mass is 16.2. The molecule has 3 atom stereocenters. The Hall–Kier alpha value is -2.14. The number of amides is 1. The second-order valence-electron chi connectivity index (χ2n) is 8.13. The molecule has 26 heavy (non-hydrogen) atoms. The third kappa shape index (κ3) is 2.84. The molecule has 2 bridgehead atoms. The molecule has 3 fully saturated rings. The van der Waals surface area contributed by atoms with Gasteiger partial charge in [0.25, 0.3) is 0 Å². The summed E-state index contributed by atoms with van der Waals surface area (Å²) in [6, 6.07) is 13.0. The Bertz CT molecular complexity index is 786. The number of carbonyl (C=O) groups excluding carboxylic acids is 1. The summed E-state index contributed by atoms with van der Waals surface area (Å²) in [4.78, 5) is 17.1. The van der Waals surface area contributed by atoms with Gasteiger partial charge in [0.15, 0.2) is 0 Å². The van der Waals surface area contributed by atoms with Crippen LogP contribution in [0.3, 0.4) is 0 Å².